The van der Waals surface area contributed by atoms with Crippen molar-refractivity contribution in [3.63, 3.8) is 0 Å². The fourth-order valence-electron chi connectivity index (χ4n) is 1.79. The van der Waals surface area contributed by atoms with E-state index in [-0.39, 0.29) is 0 Å². The zero-order chi connectivity index (χ0) is 13.0. The summed E-state index contributed by atoms with van der Waals surface area (Å²) >= 11 is 1.78. The molecule has 1 N–H and O–H groups in total. The molecular weight excluding hydrogens is 246 g/mol. The first-order valence-electron chi connectivity index (χ1n) is 5.74. The molecule has 0 atom stereocenters. The van der Waals surface area contributed by atoms with Crippen molar-refractivity contribution in [2.75, 3.05) is 21.3 Å². The Labute approximate surface area is 111 Å². The highest BCUT2D eigenvalue weighted by Gasteiger charge is 2.08. The second kappa shape index (κ2) is 5.89. The predicted molar refractivity (Wildman–Crippen MR) is 75.6 cm³/mol. The van der Waals surface area contributed by atoms with Gasteiger partial charge in [-0.05, 0) is 42.9 Å². The van der Waals surface area contributed by atoms with Crippen molar-refractivity contribution in [3.05, 3.63) is 35.2 Å². The molecule has 0 saturated heterocycles. The van der Waals surface area contributed by atoms with Crippen molar-refractivity contribution in [1.29, 1.82) is 0 Å². The van der Waals surface area contributed by atoms with Crippen LogP contribution in [0.2, 0.25) is 0 Å². The van der Waals surface area contributed by atoms with E-state index in [1.54, 1.807) is 25.6 Å². The number of rotatable bonds is 5. The van der Waals surface area contributed by atoms with Crippen LogP contribution in [0, 0.1) is 0 Å². The van der Waals surface area contributed by atoms with Gasteiger partial charge in [0.1, 0.15) is 0 Å². The molecule has 0 fully saturated rings. The first kappa shape index (κ1) is 12.9. The van der Waals surface area contributed by atoms with Gasteiger partial charge in [0, 0.05) is 16.3 Å². The van der Waals surface area contributed by atoms with Gasteiger partial charge in [0.2, 0.25) is 0 Å². The number of benzene rings is 1. The lowest BCUT2D eigenvalue weighted by molar-refractivity contribution is 0.355. The van der Waals surface area contributed by atoms with Crippen LogP contribution < -0.4 is 14.8 Å². The van der Waals surface area contributed by atoms with Crippen molar-refractivity contribution < 1.29 is 9.47 Å². The van der Waals surface area contributed by atoms with Crippen LogP contribution in [0.5, 0.6) is 11.5 Å². The summed E-state index contributed by atoms with van der Waals surface area (Å²) in [5, 5.41) is 3.16. The Bertz CT molecular complexity index is 522. The Kier molecular flexibility index (Phi) is 4.23. The molecule has 0 saturated carbocycles. The van der Waals surface area contributed by atoms with Crippen LogP contribution in [0.3, 0.4) is 0 Å². The molecule has 1 aromatic carbocycles. The summed E-state index contributed by atoms with van der Waals surface area (Å²) in [4.78, 5) is 2.56. The monoisotopic (exact) mass is 263 g/mol. The van der Waals surface area contributed by atoms with E-state index in [1.807, 2.05) is 19.2 Å². The Hall–Kier alpha value is -1.52. The van der Waals surface area contributed by atoms with Crippen molar-refractivity contribution in [1.82, 2.24) is 5.32 Å². The van der Waals surface area contributed by atoms with Crippen molar-refractivity contribution in [3.8, 4) is 21.9 Å². The second-order valence-corrected chi connectivity index (χ2v) is 5.03. The van der Waals surface area contributed by atoms with Gasteiger partial charge in [0.05, 0.1) is 14.2 Å². The summed E-state index contributed by atoms with van der Waals surface area (Å²) in [6.45, 7) is 0.901. The molecule has 18 heavy (non-hydrogen) atoms. The highest BCUT2D eigenvalue weighted by atomic mass is 32.1. The van der Waals surface area contributed by atoms with Gasteiger partial charge in [-0.15, -0.1) is 11.3 Å². The van der Waals surface area contributed by atoms with Crippen LogP contribution in [-0.2, 0) is 6.54 Å². The number of thiophene rings is 1. The summed E-state index contributed by atoms with van der Waals surface area (Å²) < 4.78 is 10.6. The lowest BCUT2D eigenvalue weighted by Gasteiger charge is -2.08. The highest BCUT2D eigenvalue weighted by Crippen LogP contribution is 2.35. The second-order valence-electron chi connectivity index (χ2n) is 3.87. The van der Waals surface area contributed by atoms with Gasteiger partial charge in [-0.3, -0.25) is 0 Å². The van der Waals surface area contributed by atoms with Crippen LogP contribution in [0.25, 0.3) is 10.4 Å². The van der Waals surface area contributed by atoms with E-state index in [0.29, 0.717) is 0 Å². The molecule has 2 rings (SSSR count). The lowest BCUT2D eigenvalue weighted by atomic mass is 10.1. The fourth-order valence-corrected chi connectivity index (χ4v) is 2.81. The third-order valence-corrected chi connectivity index (χ3v) is 3.82. The van der Waals surface area contributed by atoms with Crippen LogP contribution in [0.15, 0.2) is 30.3 Å². The summed E-state index contributed by atoms with van der Waals surface area (Å²) in [6.07, 6.45) is 0. The van der Waals surface area contributed by atoms with Gasteiger partial charge in [0.25, 0.3) is 0 Å². The SMILES string of the molecule is CNCc1ccc(-c2ccc(OC)c(OC)c2)s1. The zero-order valence-electron chi connectivity index (χ0n) is 10.8. The van der Waals surface area contributed by atoms with E-state index < -0.39 is 0 Å². The van der Waals surface area contributed by atoms with Crippen LogP contribution in [0.1, 0.15) is 4.88 Å². The number of hydrogen-bond acceptors (Lipinski definition) is 4. The van der Waals surface area contributed by atoms with Crippen LogP contribution in [0.4, 0.5) is 0 Å². The van der Waals surface area contributed by atoms with Gasteiger partial charge in [-0.2, -0.15) is 0 Å². The Morgan fingerprint density at radius 3 is 2.50 bits per heavy atom. The molecule has 0 spiro atoms. The van der Waals surface area contributed by atoms with Gasteiger partial charge < -0.3 is 14.8 Å². The van der Waals surface area contributed by atoms with Gasteiger partial charge in [0.15, 0.2) is 11.5 Å². The molecule has 0 amide bonds. The Balaban J connectivity index is 2.31. The number of nitrogens with one attached hydrogen (secondary N) is 1. The van der Waals surface area contributed by atoms with E-state index in [0.717, 1.165) is 23.6 Å². The summed E-state index contributed by atoms with van der Waals surface area (Å²) in [5.41, 5.74) is 1.15. The topological polar surface area (TPSA) is 30.5 Å². The molecule has 0 unspecified atom stereocenters. The molecule has 2 aromatic rings. The third-order valence-electron chi connectivity index (χ3n) is 2.68. The summed E-state index contributed by atoms with van der Waals surface area (Å²) in [7, 11) is 5.26. The molecule has 96 valence electrons. The van der Waals surface area contributed by atoms with E-state index in [2.05, 4.69) is 23.5 Å². The van der Waals surface area contributed by atoms with Crippen molar-refractivity contribution in [2.45, 2.75) is 6.54 Å². The normalized spacial score (nSPS) is 10.4. The maximum absolute atomic E-state index is 5.32. The largest absolute Gasteiger partial charge is 0.493 e. The molecule has 1 heterocycles. The van der Waals surface area contributed by atoms with Gasteiger partial charge >= 0.3 is 0 Å². The molecular formula is C14H17NO2S. The van der Waals surface area contributed by atoms with Gasteiger partial charge in [-0.1, -0.05) is 0 Å². The van der Waals surface area contributed by atoms with Crippen molar-refractivity contribution in [2.24, 2.45) is 0 Å². The van der Waals surface area contributed by atoms with Crippen LogP contribution >= 0.6 is 11.3 Å². The molecule has 0 aliphatic carbocycles. The van der Waals surface area contributed by atoms with E-state index in [4.69, 9.17) is 9.47 Å². The molecule has 0 aliphatic rings. The number of hydrogen-bond donors (Lipinski definition) is 1. The predicted octanol–water partition coefficient (Wildman–Crippen LogP) is 3.15. The molecule has 1 aromatic heterocycles. The molecule has 4 heteroatoms. The highest BCUT2D eigenvalue weighted by molar-refractivity contribution is 7.15. The van der Waals surface area contributed by atoms with Gasteiger partial charge in [-0.25, -0.2) is 0 Å². The minimum atomic E-state index is 0.758. The molecule has 3 nitrogen and oxygen atoms in total. The van der Waals surface area contributed by atoms with E-state index in [9.17, 15) is 0 Å². The smallest absolute Gasteiger partial charge is 0.161 e. The quantitative estimate of drug-likeness (QED) is 0.899. The number of methoxy groups -OCH3 is 2. The Morgan fingerprint density at radius 2 is 1.83 bits per heavy atom. The zero-order valence-corrected chi connectivity index (χ0v) is 11.6. The standard InChI is InChI=1S/C14H17NO2S/c1-15-9-11-5-7-14(18-11)10-4-6-12(16-2)13(8-10)17-3/h4-8,15H,9H2,1-3H3. The lowest BCUT2D eigenvalue weighted by Crippen LogP contribution is -2.02. The molecule has 0 bridgehead atoms. The Morgan fingerprint density at radius 1 is 1.06 bits per heavy atom. The first-order valence-corrected chi connectivity index (χ1v) is 6.56. The fraction of sp³-hybridized carbons (Fsp3) is 0.286. The molecule has 0 radical (unpaired) electrons. The van der Waals surface area contributed by atoms with Crippen molar-refractivity contribution >= 4 is 11.3 Å². The minimum absolute atomic E-state index is 0.758. The maximum Gasteiger partial charge on any atom is 0.161 e. The summed E-state index contributed by atoms with van der Waals surface area (Å²) in [6, 6.07) is 10.3. The number of ether oxygens (including phenoxy) is 2. The molecule has 0 aliphatic heterocycles. The third kappa shape index (κ3) is 2.66. The van der Waals surface area contributed by atoms with E-state index >= 15 is 0 Å². The first-order chi connectivity index (χ1) is 8.78. The van der Waals surface area contributed by atoms with E-state index in [1.165, 1.54) is 9.75 Å². The summed E-state index contributed by atoms with van der Waals surface area (Å²) in [5.74, 6) is 1.52. The average Bonchev–Trinajstić information content (AvgIpc) is 2.87. The average molecular weight is 263 g/mol. The minimum Gasteiger partial charge on any atom is -0.493 e. The maximum atomic E-state index is 5.32. The van der Waals surface area contributed by atoms with Crippen LogP contribution in [-0.4, -0.2) is 21.3 Å².